The molecular weight excluding hydrogens is 206 g/mol. The Morgan fingerprint density at radius 1 is 0.882 bits per heavy atom. The highest BCUT2D eigenvalue weighted by molar-refractivity contribution is 5.58. The molecule has 0 saturated carbocycles. The number of nitrogens with zero attached hydrogens (tertiary/aromatic N) is 1. The minimum atomic E-state index is 1.20. The van der Waals surface area contributed by atoms with Gasteiger partial charge >= 0.3 is 0 Å². The summed E-state index contributed by atoms with van der Waals surface area (Å²) in [6, 6.07) is 6.62. The highest BCUT2D eigenvalue weighted by Crippen LogP contribution is 2.25. The molecule has 1 heteroatoms. The van der Waals surface area contributed by atoms with E-state index in [1.165, 1.54) is 55.6 Å². The van der Waals surface area contributed by atoms with Crippen LogP contribution in [0.1, 0.15) is 50.7 Å². The lowest BCUT2D eigenvalue weighted by atomic mass is 10.1. The molecule has 0 radical (unpaired) electrons. The topological polar surface area (TPSA) is 3.24 Å². The van der Waals surface area contributed by atoms with E-state index in [-0.39, 0.29) is 0 Å². The van der Waals surface area contributed by atoms with Gasteiger partial charge in [0, 0.05) is 18.8 Å². The normalized spacial score (nSPS) is 10.6. The molecule has 1 aromatic carbocycles. The van der Waals surface area contributed by atoms with Crippen LogP contribution in [-0.4, -0.2) is 13.1 Å². The first-order chi connectivity index (χ1) is 8.20. The van der Waals surface area contributed by atoms with Gasteiger partial charge in [-0.3, -0.25) is 0 Å². The Morgan fingerprint density at radius 2 is 1.35 bits per heavy atom. The molecule has 0 fully saturated rings. The zero-order valence-electron chi connectivity index (χ0n) is 11.9. The van der Waals surface area contributed by atoms with Gasteiger partial charge in [0.15, 0.2) is 0 Å². The molecular formula is C16H27N. The predicted octanol–water partition coefficient (Wildman–Crippen LogP) is 4.71. The number of rotatable bonds is 7. The molecule has 1 rings (SSSR count). The van der Waals surface area contributed by atoms with Crippen LogP contribution in [0.15, 0.2) is 18.2 Å². The number of hydrogen-bond acceptors (Lipinski definition) is 1. The Balaban J connectivity index is 2.86. The van der Waals surface area contributed by atoms with Gasteiger partial charge in [-0.1, -0.05) is 44.9 Å². The Kier molecular flexibility index (Phi) is 6.10. The van der Waals surface area contributed by atoms with E-state index in [0.29, 0.717) is 0 Å². The second-order valence-electron chi connectivity index (χ2n) is 4.93. The summed E-state index contributed by atoms with van der Waals surface area (Å²) in [5, 5.41) is 0. The van der Waals surface area contributed by atoms with Crippen molar-refractivity contribution in [2.75, 3.05) is 18.0 Å². The predicted molar refractivity (Wildman–Crippen MR) is 77.9 cm³/mol. The molecule has 0 saturated heterocycles. The van der Waals surface area contributed by atoms with Gasteiger partial charge in [0.2, 0.25) is 0 Å². The summed E-state index contributed by atoms with van der Waals surface area (Å²) in [6.07, 6.45) is 5.12. The zero-order chi connectivity index (χ0) is 12.7. The molecule has 0 spiro atoms. The van der Waals surface area contributed by atoms with E-state index in [1.54, 1.807) is 0 Å². The third kappa shape index (κ3) is 4.07. The lowest BCUT2D eigenvalue weighted by Gasteiger charge is -2.28. The molecule has 96 valence electrons. The van der Waals surface area contributed by atoms with Crippen LogP contribution < -0.4 is 4.90 Å². The maximum Gasteiger partial charge on any atom is 0.0425 e. The minimum Gasteiger partial charge on any atom is -0.371 e. The maximum atomic E-state index is 2.58. The molecule has 0 aliphatic heterocycles. The fourth-order valence-corrected chi connectivity index (χ4v) is 2.34. The molecule has 0 N–H and O–H groups in total. The van der Waals surface area contributed by atoms with Crippen LogP contribution in [0.5, 0.6) is 0 Å². The first kappa shape index (κ1) is 14.1. The van der Waals surface area contributed by atoms with Gasteiger partial charge in [0.25, 0.3) is 0 Å². The molecule has 0 heterocycles. The summed E-state index contributed by atoms with van der Waals surface area (Å²) in [6.45, 7) is 11.4. The minimum absolute atomic E-state index is 1.20. The van der Waals surface area contributed by atoms with Gasteiger partial charge in [-0.05, 0) is 37.8 Å². The summed E-state index contributed by atoms with van der Waals surface area (Å²) in [5.74, 6) is 0. The Bertz CT molecular complexity index is 302. The van der Waals surface area contributed by atoms with Gasteiger partial charge in [-0.25, -0.2) is 0 Å². The number of para-hydroxylation sites is 1. The van der Waals surface area contributed by atoms with Crippen molar-refractivity contribution in [2.45, 2.75) is 53.4 Å². The van der Waals surface area contributed by atoms with Crippen molar-refractivity contribution < 1.29 is 0 Å². The van der Waals surface area contributed by atoms with Crippen LogP contribution in [0, 0.1) is 13.8 Å². The van der Waals surface area contributed by atoms with E-state index >= 15 is 0 Å². The first-order valence-electron chi connectivity index (χ1n) is 7.01. The van der Waals surface area contributed by atoms with Gasteiger partial charge in [0.05, 0.1) is 0 Å². The third-order valence-electron chi connectivity index (χ3n) is 3.32. The second kappa shape index (κ2) is 7.37. The second-order valence-corrected chi connectivity index (χ2v) is 4.93. The van der Waals surface area contributed by atoms with Gasteiger partial charge in [-0.15, -0.1) is 0 Å². The number of unbranched alkanes of at least 4 members (excludes halogenated alkanes) is 2. The van der Waals surface area contributed by atoms with E-state index < -0.39 is 0 Å². The van der Waals surface area contributed by atoms with Gasteiger partial charge in [0.1, 0.15) is 0 Å². The maximum absolute atomic E-state index is 2.58. The quantitative estimate of drug-likeness (QED) is 0.659. The van der Waals surface area contributed by atoms with E-state index in [2.05, 4.69) is 50.8 Å². The number of hydrogen-bond donors (Lipinski definition) is 0. The molecule has 0 aliphatic carbocycles. The van der Waals surface area contributed by atoms with Crippen molar-refractivity contribution in [3.63, 3.8) is 0 Å². The zero-order valence-corrected chi connectivity index (χ0v) is 11.9. The van der Waals surface area contributed by atoms with Crippen molar-refractivity contribution in [1.82, 2.24) is 0 Å². The SMILES string of the molecule is CCCCN(CCCC)c1c(C)cccc1C. The number of aryl methyl sites for hydroxylation is 2. The van der Waals surface area contributed by atoms with Crippen LogP contribution >= 0.6 is 0 Å². The molecule has 1 aromatic rings. The van der Waals surface area contributed by atoms with E-state index in [4.69, 9.17) is 0 Å². The van der Waals surface area contributed by atoms with Crippen LogP contribution in [0.3, 0.4) is 0 Å². The van der Waals surface area contributed by atoms with Crippen LogP contribution in [0.25, 0.3) is 0 Å². The highest BCUT2D eigenvalue weighted by atomic mass is 15.1. The fourth-order valence-electron chi connectivity index (χ4n) is 2.34. The number of anilines is 1. The smallest absolute Gasteiger partial charge is 0.0425 e. The molecule has 0 unspecified atom stereocenters. The molecule has 0 atom stereocenters. The average Bonchev–Trinajstić information content (AvgIpc) is 2.31. The van der Waals surface area contributed by atoms with E-state index in [9.17, 15) is 0 Å². The summed E-state index contributed by atoms with van der Waals surface area (Å²) in [4.78, 5) is 2.58. The number of benzene rings is 1. The first-order valence-corrected chi connectivity index (χ1v) is 7.01. The molecule has 17 heavy (non-hydrogen) atoms. The fraction of sp³-hybridized carbons (Fsp3) is 0.625. The summed E-state index contributed by atoms with van der Waals surface area (Å²) < 4.78 is 0. The van der Waals surface area contributed by atoms with Crippen LogP contribution in [-0.2, 0) is 0 Å². The molecule has 0 bridgehead atoms. The largest absolute Gasteiger partial charge is 0.371 e. The van der Waals surface area contributed by atoms with Crippen molar-refractivity contribution in [2.24, 2.45) is 0 Å². The Morgan fingerprint density at radius 3 is 1.76 bits per heavy atom. The van der Waals surface area contributed by atoms with Crippen molar-refractivity contribution in [3.8, 4) is 0 Å². The Hall–Kier alpha value is -0.980. The van der Waals surface area contributed by atoms with Crippen molar-refractivity contribution in [1.29, 1.82) is 0 Å². The van der Waals surface area contributed by atoms with Crippen molar-refractivity contribution in [3.05, 3.63) is 29.3 Å². The van der Waals surface area contributed by atoms with E-state index in [1.807, 2.05) is 0 Å². The van der Waals surface area contributed by atoms with E-state index in [0.717, 1.165) is 0 Å². The Labute approximate surface area is 107 Å². The lowest BCUT2D eigenvalue weighted by molar-refractivity contribution is 0.675. The molecule has 0 amide bonds. The van der Waals surface area contributed by atoms with Crippen LogP contribution in [0.2, 0.25) is 0 Å². The monoisotopic (exact) mass is 233 g/mol. The van der Waals surface area contributed by atoms with Gasteiger partial charge in [-0.2, -0.15) is 0 Å². The van der Waals surface area contributed by atoms with Crippen LogP contribution in [0.4, 0.5) is 5.69 Å². The van der Waals surface area contributed by atoms with Crippen molar-refractivity contribution >= 4 is 5.69 Å². The third-order valence-corrected chi connectivity index (χ3v) is 3.32. The standard InChI is InChI=1S/C16H27N/c1-5-7-12-17(13-8-6-2)16-14(3)10-9-11-15(16)4/h9-11H,5-8,12-13H2,1-4H3. The molecule has 0 aliphatic rings. The molecule has 0 aromatic heterocycles. The highest BCUT2D eigenvalue weighted by Gasteiger charge is 2.10. The lowest BCUT2D eigenvalue weighted by Crippen LogP contribution is -2.27. The summed E-state index contributed by atoms with van der Waals surface area (Å²) in [5.41, 5.74) is 4.30. The summed E-state index contributed by atoms with van der Waals surface area (Å²) in [7, 11) is 0. The average molecular weight is 233 g/mol. The summed E-state index contributed by atoms with van der Waals surface area (Å²) >= 11 is 0. The molecule has 1 nitrogen and oxygen atoms in total. The van der Waals surface area contributed by atoms with Gasteiger partial charge < -0.3 is 4.90 Å².